The molecule has 0 saturated carbocycles. The maximum atomic E-state index is 13.0. The number of carbonyl (C=O) groups is 1. The minimum atomic E-state index is -0.304. The number of fused-ring (bicyclic) bond motifs is 1. The standard InChI is InChI=1S/C22H21ClN2O3/c1-15(24-7-2-3-8-24)22(27)25-9-10-28-21-18(14-25)11-17(13-20(21)26)16-5-4-6-19(23)12-16/h2-8,11-13,15,26H,9-10,14H2,1H3/t15-/m0/s1. The van der Waals surface area contributed by atoms with Crippen LogP contribution < -0.4 is 4.74 Å². The Hall–Kier alpha value is -2.92. The van der Waals surface area contributed by atoms with Crippen LogP contribution in [-0.2, 0) is 11.3 Å². The molecule has 1 atom stereocenters. The lowest BCUT2D eigenvalue weighted by Crippen LogP contribution is -2.37. The normalized spacial score (nSPS) is 14.7. The smallest absolute Gasteiger partial charge is 0.245 e. The molecule has 1 aromatic heterocycles. The fourth-order valence-electron chi connectivity index (χ4n) is 3.52. The predicted octanol–water partition coefficient (Wildman–Crippen LogP) is 4.50. The van der Waals surface area contributed by atoms with Crippen molar-refractivity contribution in [1.82, 2.24) is 9.47 Å². The Balaban J connectivity index is 1.66. The number of nitrogens with zero attached hydrogens (tertiary/aromatic N) is 2. The Labute approximate surface area is 168 Å². The number of rotatable bonds is 3. The largest absolute Gasteiger partial charge is 0.504 e. The van der Waals surface area contributed by atoms with E-state index in [-0.39, 0.29) is 17.7 Å². The van der Waals surface area contributed by atoms with E-state index in [1.807, 2.05) is 60.3 Å². The monoisotopic (exact) mass is 396 g/mol. The van der Waals surface area contributed by atoms with Gasteiger partial charge in [0.25, 0.3) is 0 Å². The number of benzene rings is 2. The van der Waals surface area contributed by atoms with Crippen molar-refractivity contribution in [2.45, 2.75) is 19.5 Å². The number of phenolic OH excluding ortho intramolecular Hbond substituents is 1. The van der Waals surface area contributed by atoms with Crippen LogP contribution in [0.4, 0.5) is 0 Å². The highest BCUT2D eigenvalue weighted by Gasteiger charge is 2.26. The lowest BCUT2D eigenvalue weighted by Gasteiger charge is -2.24. The van der Waals surface area contributed by atoms with E-state index < -0.39 is 0 Å². The van der Waals surface area contributed by atoms with Crippen LogP contribution in [0, 0.1) is 0 Å². The number of phenols is 1. The lowest BCUT2D eigenvalue weighted by atomic mass is 10.0. The molecule has 6 heteroatoms. The second-order valence-corrected chi connectivity index (χ2v) is 7.34. The van der Waals surface area contributed by atoms with E-state index in [0.29, 0.717) is 30.5 Å². The van der Waals surface area contributed by atoms with Gasteiger partial charge in [0.1, 0.15) is 12.6 Å². The molecule has 0 aliphatic carbocycles. The third-order valence-electron chi connectivity index (χ3n) is 5.02. The first-order valence-electron chi connectivity index (χ1n) is 9.19. The number of hydrogen-bond acceptors (Lipinski definition) is 3. The van der Waals surface area contributed by atoms with Gasteiger partial charge in [-0.15, -0.1) is 0 Å². The second-order valence-electron chi connectivity index (χ2n) is 6.91. The van der Waals surface area contributed by atoms with Crippen LogP contribution in [0.25, 0.3) is 11.1 Å². The van der Waals surface area contributed by atoms with Crippen LogP contribution in [0.3, 0.4) is 0 Å². The third-order valence-corrected chi connectivity index (χ3v) is 5.25. The zero-order valence-corrected chi connectivity index (χ0v) is 16.3. The summed E-state index contributed by atoms with van der Waals surface area (Å²) in [6.07, 6.45) is 3.77. The number of ether oxygens (including phenoxy) is 1. The van der Waals surface area contributed by atoms with E-state index in [9.17, 15) is 9.90 Å². The van der Waals surface area contributed by atoms with Crippen molar-refractivity contribution in [2.75, 3.05) is 13.2 Å². The first kappa shape index (κ1) is 18.4. The van der Waals surface area contributed by atoms with Crippen molar-refractivity contribution >= 4 is 17.5 Å². The highest BCUT2D eigenvalue weighted by atomic mass is 35.5. The Bertz CT molecular complexity index is 1000. The molecule has 0 radical (unpaired) electrons. The van der Waals surface area contributed by atoms with Crippen LogP contribution in [0.2, 0.25) is 5.02 Å². The predicted molar refractivity (Wildman–Crippen MR) is 109 cm³/mol. The average Bonchev–Trinajstić information content (AvgIpc) is 3.13. The molecule has 0 bridgehead atoms. The van der Waals surface area contributed by atoms with E-state index in [1.54, 1.807) is 17.0 Å². The molecule has 1 N–H and O–H groups in total. The molecule has 144 valence electrons. The summed E-state index contributed by atoms with van der Waals surface area (Å²) in [5, 5.41) is 11.1. The van der Waals surface area contributed by atoms with Gasteiger partial charge in [-0.2, -0.15) is 0 Å². The van der Waals surface area contributed by atoms with Gasteiger partial charge in [0, 0.05) is 29.5 Å². The number of halogens is 1. The third kappa shape index (κ3) is 3.58. The maximum Gasteiger partial charge on any atom is 0.245 e. The van der Waals surface area contributed by atoms with Gasteiger partial charge in [0.05, 0.1) is 6.54 Å². The summed E-state index contributed by atoms with van der Waals surface area (Å²) in [6, 6.07) is 14.6. The highest BCUT2D eigenvalue weighted by Crippen LogP contribution is 2.38. The molecule has 0 unspecified atom stereocenters. The highest BCUT2D eigenvalue weighted by molar-refractivity contribution is 6.30. The number of aromatic nitrogens is 1. The quantitative estimate of drug-likeness (QED) is 0.709. The van der Waals surface area contributed by atoms with Crippen molar-refractivity contribution in [3.05, 3.63) is 71.5 Å². The Morgan fingerprint density at radius 3 is 2.68 bits per heavy atom. The Morgan fingerprint density at radius 2 is 1.93 bits per heavy atom. The molecule has 0 fully saturated rings. The molecule has 1 amide bonds. The topological polar surface area (TPSA) is 54.7 Å². The van der Waals surface area contributed by atoms with Gasteiger partial charge < -0.3 is 19.3 Å². The zero-order chi connectivity index (χ0) is 19.7. The summed E-state index contributed by atoms with van der Waals surface area (Å²) in [7, 11) is 0. The van der Waals surface area contributed by atoms with Crippen molar-refractivity contribution in [3.63, 3.8) is 0 Å². The molecule has 28 heavy (non-hydrogen) atoms. The van der Waals surface area contributed by atoms with E-state index in [4.69, 9.17) is 16.3 Å². The minimum absolute atomic E-state index is 0.0142. The van der Waals surface area contributed by atoms with Gasteiger partial charge in [-0.1, -0.05) is 23.7 Å². The van der Waals surface area contributed by atoms with Gasteiger partial charge in [-0.05, 0) is 54.4 Å². The molecule has 5 nitrogen and oxygen atoms in total. The molecule has 3 aromatic rings. The van der Waals surface area contributed by atoms with Crippen molar-refractivity contribution in [1.29, 1.82) is 0 Å². The van der Waals surface area contributed by atoms with Gasteiger partial charge in [0.2, 0.25) is 5.91 Å². The van der Waals surface area contributed by atoms with E-state index >= 15 is 0 Å². The first-order chi connectivity index (χ1) is 13.5. The van der Waals surface area contributed by atoms with E-state index in [0.717, 1.165) is 16.7 Å². The zero-order valence-electron chi connectivity index (χ0n) is 15.5. The van der Waals surface area contributed by atoms with Crippen molar-refractivity contribution in [2.24, 2.45) is 0 Å². The van der Waals surface area contributed by atoms with Gasteiger partial charge in [-0.25, -0.2) is 0 Å². The first-order valence-corrected chi connectivity index (χ1v) is 9.56. The molecule has 1 aliphatic rings. The Morgan fingerprint density at radius 1 is 1.14 bits per heavy atom. The fraction of sp³-hybridized carbons (Fsp3) is 0.227. The van der Waals surface area contributed by atoms with Crippen LogP contribution >= 0.6 is 11.6 Å². The van der Waals surface area contributed by atoms with Crippen LogP contribution in [-0.4, -0.2) is 33.6 Å². The number of amides is 1. The number of hydrogen-bond donors (Lipinski definition) is 1. The molecule has 2 heterocycles. The minimum Gasteiger partial charge on any atom is -0.504 e. The molecule has 1 aliphatic heterocycles. The van der Waals surface area contributed by atoms with Crippen molar-refractivity contribution in [3.8, 4) is 22.6 Å². The summed E-state index contributed by atoms with van der Waals surface area (Å²) in [6.45, 7) is 3.06. The summed E-state index contributed by atoms with van der Waals surface area (Å²) < 4.78 is 7.65. The Kier molecular flexibility index (Phi) is 5.01. The van der Waals surface area contributed by atoms with Crippen LogP contribution in [0.5, 0.6) is 11.5 Å². The van der Waals surface area contributed by atoms with Gasteiger partial charge in [0.15, 0.2) is 11.5 Å². The molecule has 4 rings (SSSR count). The molecule has 0 saturated heterocycles. The fourth-order valence-corrected chi connectivity index (χ4v) is 3.71. The SMILES string of the molecule is C[C@@H](C(=O)N1CCOc2c(O)cc(-c3cccc(Cl)c3)cc2C1)n1cccc1. The van der Waals surface area contributed by atoms with Gasteiger partial charge >= 0.3 is 0 Å². The molecule has 2 aromatic carbocycles. The average molecular weight is 397 g/mol. The summed E-state index contributed by atoms with van der Waals surface area (Å²) in [4.78, 5) is 14.8. The second kappa shape index (κ2) is 7.60. The van der Waals surface area contributed by atoms with E-state index in [1.165, 1.54) is 0 Å². The van der Waals surface area contributed by atoms with E-state index in [2.05, 4.69) is 0 Å². The molecular formula is C22H21ClN2O3. The summed E-state index contributed by atoms with van der Waals surface area (Å²) in [5.74, 6) is 0.523. The van der Waals surface area contributed by atoms with Crippen LogP contribution in [0.15, 0.2) is 60.9 Å². The van der Waals surface area contributed by atoms with Crippen molar-refractivity contribution < 1.29 is 14.6 Å². The maximum absolute atomic E-state index is 13.0. The van der Waals surface area contributed by atoms with Gasteiger partial charge in [-0.3, -0.25) is 4.79 Å². The lowest BCUT2D eigenvalue weighted by molar-refractivity contribution is -0.135. The van der Waals surface area contributed by atoms with Crippen LogP contribution in [0.1, 0.15) is 18.5 Å². The summed E-state index contributed by atoms with van der Waals surface area (Å²) >= 11 is 6.11. The number of aromatic hydroxyl groups is 1. The molecular weight excluding hydrogens is 376 g/mol. The summed E-state index contributed by atoms with van der Waals surface area (Å²) in [5.41, 5.74) is 2.50. The number of carbonyl (C=O) groups excluding carboxylic acids is 1. The molecule has 0 spiro atoms.